The van der Waals surface area contributed by atoms with Crippen molar-refractivity contribution in [3.8, 4) is 11.3 Å². The number of nitrogens with one attached hydrogen (secondary N) is 1. The van der Waals surface area contributed by atoms with E-state index >= 15 is 0 Å². The van der Waals surface area contributed by atoms with Gasteiger partial charge in [0.15, 0.2) is 0 Å². The minimum Gasteiger partial charge on any atom is -0.271 e. The van der Waals surface area contributed by atoms with Gasteiger partial charge in [0.1, 0.15) is 0 Å². The molecule has 0 bridgehead atoms. The molecule has 0 saturated carbocycles. The lowest BCUT2D eigenvalue weighted by Crippen LogP contribution is -2.31. The van der Waals surface area contributed by atoms with Crippen LogP contribution < -0.4 is 11.3 Å². The summed E-state index contributed by atoms with van der Waals surface area (Å²) in [4.78, 5) is 4.70. The van der Waals surface area contributed by atoms with Crippen LogP contribution in [0.4, 0.5) is 0 Å². The van der Waals surface area contributed by atoms with Gasteiger partial charge in [-0.2, -0.15) is 5.10 Å². The predicted octanol–water partition coefficient (Wildman–Crippen LogP) is 2.29. The standard InChI is InChI=1S/C15H17N5S/c1-20-14(7-8-17-20)12(19-16)9-15-18-13(10-21-15)11-5-3-2-4-6-11/h2-8,10,12,19H,9,16H2,1H3. The third-order valence-corrected chi connectivity index (χ3v) is 4.29. The van der Waals surface area contributed by atoms with Crippen LogP contribution in [0.3, 0.4) is 0 Å². The fourth-order valence-corrected chi connectivity index (χ4v) is 3.15. The maximum absolute atomic E-state index is 5.68. The Morgan fingerprint density at radius 2 is 2.10 bits per heavy atom. The van der Waals surface area contributed by atoms with Gasteiger partial charge in [0.2, 0.25) is 0 Å². The molecule has 0 aliphatic heterocycles. The average Bonchev–Trinajstić information content (AvgIpc) is 3.15. The molecular formula is C15H17N5S. The number of hydrogen-bond acceptors (Lipinski definition) is 5. The van der Waals surface area contributed by atoms with E-state index in [1.54, 1.807) is 17.5 Å². The number of thiazole rings is 1. The molecule has 108 valence electrons. The number of benzene rings is 1. The summed E-state index contributed by atoms with van der Waals surface area (Å²) in [5.74, 6) is 5.68. The molecule has 0 spiro atoms. The van der Waals surface area contributed by atoms with E-state index in [-0.39, 0.29) is 6.04 Å². The van der Waals surface area contributed by atoms with E-state index in [1.165, 1.54) is 0 Å². The highest BCUT2D eigenvalue weighted by Crippen LogP contribution is 2.25. The maximum Gasteiger partial charge on any atom is 0.0952 e. The molecule has 1 atom stereocenters. The summed E-state index contributed by atoms with van der Waals surface area (Å²) in [6, 6.07) is 12.2. The summed E-state index contributed by atoms with van der Waals surface area (Å²) in [5.41, 5.74) is 6.05. The van der Waals surface area contributed by atoms with Crippen LogP contribution in [0, 0.1) is 0 Å². The van der Waals surface area contributed by atoms with Gasteiger partial charge in [0.05, 0.1) is 22.4 Å². The molecule has 5 nitrogen and oxygen atoms in total. The van der Waals surface area contributed by atoms with Gasteiger partial charge in [-0.05, 0) is 6.07 Å². The SMILES string of the molecule is Cn1nccc1C(Cc1nc(-c2ccccc2)cs1)NN. The summed E-state index contributed by atoms with van der Waals surface area (Å²) in [5, 5.41) is 7.32. The Balaban J connectivity index is 1.79. The second kappa shape index (κ2) is 6.17. The molecule has 0 fully saturated rings. The Morgan fingerprint density at radius 1 is 1.29 bits per heavy atom. The molecule has 1 unspecified atom stereocenters. The van der Waals surface area contributed by atoms with Gasteiger partial charge in [-0.15, -0.1) is 11.3 Å². The number of aromatic nitrogens is 3. The molecular weight excluding hydrogens is 282 g/mol. The molecule has 21 heavy (non-hydrogen) atoms. The molecule has 0 amide bonds. The largest absolute Gasteiger partial charge is 0.271 e. The van der Waals surface area contributed by atoms with Crippen LogP contribution in [0.15, 0.2) is 48.0 Å². The van der Waals surface area contributed by atoms with Gasteiger partial charge < -0.3 is 0 Å². The number of rotatable bonds is 5. The van der Waals surface area contributed by atoms with E-state index in [2.05, 4.69) is 28.0 Å². The first-order chi connectivity index (χ1) is 10.3. The zero-order chi connectivity index (χ0) is 14.7. The zero-order valence-corrected chi connectivity index (χ0v) is 12.5. The van der Waals surface area contributed by atoms with Crippen LogP contribution in [0.2, 0.25) is 0 Å². The normalized spacial score (nSPS) is 12.5. The lowest BCUT2D eigenvalue weighted by atomic mass is 10.1. The van der Waals surface area contributed by atoms with E-state index in [9.17, 15) is 0 Å². The van der Waals surface area contributed by atoms with Gasteiger partial charge >= 0.3 is 0 Å². The van der Waals surface area contributed by atoms with Crippen LogP contribution in [0.5, 0.6) is 0 Å². The summed E-state index contributed by atoms with van der Waals surface area (Å²) < 4.78 is 1.83. The zero-order valence-electron chi connectivity index (χ0n) is 11.7. The highest BCUT2D eigenvalue weighted by molar-refractivity contribution is 7.09. The van der Waals surface area contributed by atoms with Crippen molar-refractivity contribution in [2.24, 2.45) is 12.9 Å². The van der Waals surface area contributed by atoms with Crippen molar-refractivity contribution >= 4 is 11.3 Å². The quantitative estimate of drug-likeness (QED) is 0.560. The molecule has 3 rings (SSSR count). The van der Waals surface area contributed by atoms with Crippen LogP contribution in [-0.4, -0.2) is 14.8 Å². The Morgan fingerprint density at radius 3 is 2.76 bits per heavy atom. The molecule has 0 radical (unpaired) electrons. The minimum atomic E-state index is 0.00673. The molecule has 6 heteroatoms. The lowest BCUT2D eigenvalue weighted by Gasteiger charge is -2.14. The molecule has 1 aromatic carbocycles. The molecule has 0 aliphatic rings. The molecule has 2 heterocycles. The van der Waals surface area contributed by atoms with Gasteiger partial charge in [-0.3, -0.25) is 16.0 Å². The second-order valence-electron chi connectivity index (χ2n) is 4.80. The van der Waals surface area contributed by atoms with Crippen molar-refractivity contribution in [3.63, 3.8) is 0 Å². The number of nitrogens with two attached hydrogens (primary N) is 1. The number of hydrogen-bond donors (Lipinski definition) is 2. The van der Waals surface area contributed by atoms with E-state index in [4.69, 9.17) is 10.8 Å². The molecule has 0 aliphatic carbocycles. The fraction of sp³-hybridized carbons (Fsp3) is 0.200. The van der Waals surface area contributed by atoms with Gasteiger partial charge in [-0.1, -0.05) is 30.3 Å². The van der Waals surface area contributed by atoms with Crippen LogP contribution in [0.25, 0.3) is 11.3 Å². The van der Waals surface area contributed by atoms with Crippen molar-refractivity contribution < 1.29 is 0 Å². The summed E-state index contributed by atoms with van der Waals surface area (Å²) in [7, 11) is 1.91. The highest BCUT2D eigenvalue weighted by Gasteiger charge is 2.16. The van der Waals surface area contributed by atoms with Crippen LogP contribution in [-0.2, 0) is 13.5 Å². The fourth-order valence-electron chi connectivity index (χ4n) is 2.30. The van der Waals surface area contributed by atoms with Gasteiger partial charge in [-0.25, -0.2) is 4.98 Å². The van der Waals surface area contributed by atoms with Crippen LogP contribution >= 0.6 is 11.3 Å². The van der Waals surface area contributed by atoms with Crippen molar-refractivity contribution in [2.75, 3.05) is 0 Å². The first kappa shape index (κ1) is 13.9. The lowest BCUT2D eigenvalue weighted by molar-refractivity contribution is 0.508. The second-order valence-corrected chi connectivity index (χ2v) is 5.74. The van der Waals surface area contributed by atoms with Crippen LogP contribution in [0.1, 0.15) is 16.7 Å². The van der Waals surface area contributed by atoms with Crippen molar-refractivity contribution in [1.82, 2.24) is 20.2 Å². The summed E-state index contributed by atoms with van der Waals surface area (Å²) in [6.07, 6.45) is 2.52. The molecule has 3 N–H and O–H groups in total. The summed E-state index contributed by atoms with van der Waals surface area (Å²) >= 11 is 1.65. The van der Waals surface area contributed by atoms with E-state index in [1.807, 2.05) is 36.0 Å². The average molecular weight is 299 g/mol. The van der Waals surface area contributed by atoms with E-state index in [0.29, 0.717) is 0 Å². The smallest absolute Gasteiger partial charge is 0.0952 e. The van der Waals surface area contributed by atoms with Crippen molar-refractivity contribution in [3.05, 3.63) is 58.7 Å². The van der Waals surface area contributed by atoms with Crippen molar-refractivity contribution in [1.29, 1.82) is 0 Å². The molecule has 0 saturated heterocycles. The Kier molecular flexibility index (Phi) is 4.10. The molecule has 2 aromatic heterocycles. The van der Waals surface area contributed by atoms with E-state index < -0.39 is 0 Å². The third kappa shape index (κ3) is 3.02. The van der Waals surface area contributed by atoms with Gasteiger partial charge in [0, 0.05) is 30.6 Å². The Bertz CT molecular complexity index is 704. The minimum absolute atomic E-state index is 0.00673. The third-order valence-electron chi connectivity index (χ3n) is 3.42. The van der Waals surface area contributed by atoms with Gasteiger partial charge in [0.25, 0.3) is 0 Å². The predicted molar refractivity (Wildman–Crippen MR) is 84.5 cm³/mol. The topological polar surface area (TPSA) is 68.8 Å². The highest BCUT2D eigenvalue weighted by atomic mass is 32.1. The van der Waals surface area contributed by atoms with E-state index in [0.717, 1.165) is 28.4 Å². The monoisotopic (exact) mass is 299 g/mol. The Hall–Kier alpha value is -2.02. The number of hydrazine groups is 1. The first-order valence-corrected chi connectivity index (χ1v) is 7.59. The number of nitrogens with zero attached hydrogens (tertiary/aromatic N) is 3. The first-order valence-electron chi connectivity index (χ1n) is 6.72. The van der Waals surface area contributed by atoms with Crippen molar-refractivity contribution in [2.45, 2.75) is 12.5 Å². The maximum atomic E-state index is 5.68. The molecule has 3 aromatic rings. The summed E-state index contributed by atoms with van der Waals surface area (Å²) in [6.45, 7) is 0. The Labute approximate surface area is 127 Å². The number of aryl methyl sites for hydroxylation is 1.